The highest BCUT2D eigenvalue weighted by atomic mass is 14.3. The molecule has 2 atom stereocenters. The Balaban J connectivity index is 1.91. The molecule has 1 aliphatic carbocycles. The second-order valence-corrected chi connectivity index (χ2v) is 6.22. The monoisotopic (exact) mass is 238 g/mol. The van der Waals surface area contributed by atoms with Crippen LogP contribution in [0.15, 0.2) is 0 Å². The van der Waals surface area contributed by atoms with Crippen LogP contribution in [0.25, 0.3) is 0 Å². The van der Waals surface area contributed by atoms with Gasteiger partial charge in [0.05, 0.1) is 0 Å². The first kappa shape index (κ1) is 15.1. The van der Waals surface area contributed by atoms with Crippen molar-refractivity contribution in [3.05, 3.63) is 0 Å². The van der Waals surface area contributed by atoms with E-state index in [0.29, 0.717) is 0 Å². The Morgan fingerprint density at radius 1 is 0.765 bits per heavy atom. The largest absolute Gasteiger partial charge is 0.0654 e. The van der Waals surface area contributed by atoms with Gasteiger partial charge in [0, 0.05) is 0 Å². The third-order valence-corrected chi connectivity index (χ3v) is 4.68. The molecule has 0 heteroatoms. The molecule has 0 amide bonds. The topological polar surface area (TPSA) is 0 Å². The van der Waals surface area contributed by atoms with Gasteiger partial charge in [-0.25, -0.2) is 0 Å². The van der Waals surface area contributed by atoms with Crippen LogP contribution >= 0.6 is 0 Å². The molecule has 1 fully saturated rings. The van der Waals surface area contributed by atoms with Crippen LogP contribution in [0, 0.1) is 11.8 Å². The van der Waals surface area contributed by atoms with Gasteiger partial charge in [-0.2, -0.15) is 0 Å². The number of hydrogen-bond donors (Lipinski definition) is 0. The van der Waals surface area contributed by atoms with E-state index in [1.807, 2.05) is 0 Å². The molecule has 0 radical (unpaired) electrons. The van der Waals surface area contributed by atoms with Crippen LogP contribution in [-0.4, -0.2) is 0 Å². The zero-order valence-corrected chi connectivity index (χ0v) is 12.3. The summed E-state index contributed by atoms with van der Waals surface area (Å²) in [6, 6.07) is 0. The molecular weight excluding hydrogens is 204 g/mol. The zero-order chi connectivity index (χ0) is 12.3. The molecule has 2 unspecified atom stereocenters. The molecular formula is C17H34. The Morgan fingerprint density at radius 3 is 2.12 bits per heavy atom. The summed E-state index contributed by atoms with van der Waals surface area (Å²) in [4.78, 5) is 0. The standard InChI is InChI=1S/C17H34/c1-3-5-6-7-8-9-10-12-17-14-11-13-16(4-2)15-17/h16-17H,3-15H2,1-2H3. The predicted octanol–water partition coefficient (Wildman–Crippen LogP) is 6.34. The first-order valence-electron chi connectivity index (χ1n) is 8.36. The van der Waals surface area contributed by atoms with E-state index >= 15 is 0 Å². The molecule has 1 saturated carbocycles. The van der Waals surface area contributed by atoms with Crippen LogP contribution in [0.4, 0.5) is 0 Å². The summed E-state index contributed by atoms with van der Waals surface area (Å²) < 4.78 is 0. The fourth-order valence-corrected chi connectivity index (χ4v) is 3.43. The van der Waals surface area contributed by atoms with E-state index in [-0.39, 0.29) is 0 Å². The number of unbranched alkanes of at least 4 members (excludes halogenated alkanes) is 6. The third kappa shape index (κ3) is 7.11. The summed E-state index contributed by atoms with van der Waals surface area (Å²) in [5.74, 6) is 2.16. The molecule has 0 spiro atoms. The molecule has 0 aromatic rings. The van der Waals surface area contributed by atoms with Gasteiger partial charge >= 0.3 is 0 Å². The molecule has 0 aliphatic heterocycles. The molecule has 1 rings (SSSR count). The van der Waals surface area contributed by atoms with Crippen LogP contribution in [-0.2, 0) is 0 Å². The molecule has 0 aromatic carbocycles. The molecule has 0 nitrogen and oxygen atoms in total. The quantitative estimate of drug-likeness (QED) is 0.411. The molecule has 0 saturated heterocycles. The minimum Gasteiger partial charge on any atom is -0.0654 e. The lowest BCUT2D eigenvalue weighted by Crippen LogP contribution is -2.14. The summed E-state index contributed by atoms with van der Waals surface area (Å²) in [5, 5.41) is 0. The average Bonchev–Trinajstić information content (AvgIpc) is 2.38. The second kappa shape index (κ2) is 9.97. The molecule has 0 N–H and O–H groups in total. The summed E-state index contributed by atoms with van der Waals surface area (Å²) >= 11 is 0. The molecule has 0 bridgehead atoms. The minimum atomic E-state index is 1.07. The van der Waals surface area contributed by atoms with Gasteiger partial charge in [-0.1, -0.05) is 90.9 Å². The van der Waals surface area contributed by atoms with Crippen molar-refractivity contribution in [1.82, 2.24) is 0 Å². The molecule has 1 aliphatic rings. The SMILES string of the molecule is CCCCCCCCCC1CCCC(CC)C1. The maximum absolute atomic E-state index is 2.38. The fourth-order valence-electron chi connectivity index (χ4n) is 3.43. The Morgan fingerprint density at radius 2 is 1.41 bits per heavy atom. The Bertz CT molecular complexity index is 161. The van der Waals surface area contributed by atoms with E-state index in [4.69, 9.17) is 0 Å². The summed E-state index contributed by atoms with van der Waals surface area (Å²) in [7, 11) is 0. The Labute approximate surface area is 110 Å². The lowest BCUT2D eigenvalue weighted by molar-refractivity contribution is 0.244. The average molecular weight is 238 g/mol. The van der Waals surface area contributed by atoms with E-state index in [0.717, 1.165) is 11.8 Å². The van der Waals surface area contributed by atoms with Gasteiger partial charge in [-0.05, 0) is 18.3 Å². The van der Waals surface area contributed by atoms with Gasteiger partial charge in [0.15, 0.2) is 0 Å². The van der Waals surface area contributed by atoms with Crippen LogP contribution in [0.1, 0.15) is 97.3 Å². The van der Waals surface area contributed by atoms with E-state index in [2.05, 4.69) is 13.8 Å². The fraction of sp³-hybridized carbons (Fsp3) is 1.00. The lowest BCUT2D eigenvalue weighted by Gasteiger charge is -2.28. The van der Waals surface area contributed by atoms with Gasteiger partial charge < -0.3 is 0 Å². The first-order valence-corrected chi connectivity index (χ1v) is 8.36. The van der Waals surface area contributed by atoms with Crippen molar-refractivity contribution in [2.45, 2.75) is 97.3 Å². The molecule has 17 heavy (non-hydrogen) atoms. The van der Waals surface area contributed by atoms with E-state index < -0.39 is 0 Å². The van der Waals surface area contributed by atoms with Crippen molar-refractivity contribution < 1.29 is 0 Å². The molecule has 0 aromatic heterocycles. The summed E-state index contributed by atoms with van der Waals surface area (Å²) in [5.41, 5.74) is 0. The van der Waals surface area contributed by atoms with Crippen LogP contribution < -0.4 is 0 Å². The summed E-state index contributed by atoms with van der Waals surface area (Å²) in [6.07, 6.45) is 19.3. The number of hydrogen-bond acceptors (Lipinski definition) is 0. The zero-order valence-electron chi connectivity index (χ0n) is 12.3. The van der Waals surface area contributed by atoms with E-state index in [9.17, 15) is 0 Å². The highest BCUT2D eigenvalue weighted by Gasteiger charge is 2.19. The Hall–Kier alpha value is 0. The molecule has 0 heterocycles. The van der Waals surface area contributed by atoms with Crippen LogP contribution in [0.5, 0.6) is 0 Å². The van der Waals surface area contributed by atoms with Crippen molar-refractivity contribution in [3.8, 4) is 0 Å². The lowest BCUT2D eigenvalue weighted by atomic mass is 9.78. The predicted molar refractivity (Wildman–Crippen MR) is 78.3 cm³/mol. The van der Waals surface area contributed by atoms with Gasteiger partial charge in [0.25, 0.3) is 0 Å². The van der Waals surface area contributed by atoms with Crippen LogP contribution in [0.2, 0.25) is 0 Å². The Kier molecular flexibility index (Phi) is 8.83. The van der Waals surface area contributed by atoms with Crippen molar-refractivity contribution in [1.29, 1.82) is 0 Å². The summed E-state index contributed by atoms with van der Waals surface area (Å²) in [6.45, 7) is 4.67. The maximum atomic E-state index is 2.38. The van der Waals surface area contributed by atoms with Crippen molar-refractivity contribution in [2.24, 2.45) is 11.8 Å². The first-order chi connectivity index (χ1) is 8.36. The highest BCUT2D eigenvalue weighted by molar-refractivity contribution is 4.72. The molecule has 102 valence electrons. The highest BCUT2D eigenvalue weighted by Crippen LogP contribution is 2.33. The van der Waals surface area contributed by atoms with Gasteiger partial charge in [0.2, 0.25) is 0 Å². The normalized spacial score (nSPS) is 25.1. The van der Waals surface area contributed by atoms with E-state index in [1.54, 1.807) is 6.42 Å². The van der Waals surface area contributed by atoms with E-state index in [1.165, 1.54) is 77.0 Å². The van der Waals surface area contributed by atoms with Crippen molar-refractivity contribution in [2.75, 3.05) is 0 Å². The minimum absolute atomic E-state index is 1.07. The third-order valence-electron chi connectivity index (χ3n) is 4.68. The smallest absolute Gasteiger partial charge is 0.0412 e. The van der Waals surface area contributed by atoms with Gasteiger partial charge in [0.1, 0.15) is 0 Å². The second-order valence-electron chi connectivity index (χ2n) is 6.22. The van der Waals surface area contributed by atoms with Crippen LogP contribution in [0.3, 0.4) is 0 Å². The maximum Gasteiger partial charge on any atom is -0.0412 e. The van der Waals surface area contributed by atoms with Gasteiger partial charge in [-0.3, -0.25) is 0 Å². The van der Waals surface area contributed by atoms with Gasteiger partial charge in [-0.15, -0.1) is 0 Å². The van der Waals surface area contributed by atoms with Crippen molar-refractivity contribution >= 4 is 0 Å². The van der Waals surface area contributed by atoms with Crippen molar-refractivity contribution in [3.63, 3.8) is 0 Å². The number of rotatable bonds is 9.